The summed E-state index contributed by atoms with van der Waals surface area (Å²) in [7, 11) is 2.91. The van der Waals surface area contributed by atoms with Gasteiger partial charge in [-0.15, -0.1) is 0 Å². The molecule has 1 aliphatic heterocycles. The van der Waals surface area contributed by atoms with Gasteiger partial charge in [0.05, 0.1) is 31.4 Å². The maximum atomic E-state index is 15.0. The van der Waals surface area contributed by atoms with Crippen LogP contribution >= 0.6 is 0 Å². The van der Waals surface area contributed by atoms with Gasteiger partial charge in [0.15, 0.2) is 0 Å². The van der Waals surface area contributed by atoms with E-state index < -0.39 is 29.3 Å². The summed E-state index contributed by atoms with van der Waals surface area (Å²) >= 11 is 0. The molecule has 0 bridgehead atoms. The van der Waals surface area contributed by atoms with Gasteiger partial charge in [0.2, 0.25) is 0 Å². The van der Waals surface area contributed by atoms with Crippen LogP contribution in [-0.2, 0) is 9.59 Å². The summed E-state index contributed by atoms with van der Waals surface area (Å²) < 4.78 is 25.6. The standard InChI is InChI=1S/C26H22FNO5/c1-15-11-12-21(33-3)19(13-15)24(29)22-23(18-9-4-5-10-20(18)27)28(26(31)25(22)30)16-7-6-8-17(14-16)32-2/h4-14,23,29H,1-3H3/b24-22+. The van der Waals surface area contributed by atoms with Crippen molar-refractivity contribution in [3.63, 3.8) is 0 Å². The van der Waals surface area contributed by atoms with Crippen molar-refractivity contribution in [3.05, 3.63) is 94.8 Å². The number of rotatable bonds is 5. The molecular formula is C26H22FNO5. The lowest BCUT2D eigenvalue weighted by atomic mass is 9.94. The van der Waals surface area contributed by atoms with Crippen LogP contribution in [-0.4, -0.2) is 31.0 Å². The van der Waals surface area contributed by atoms with Gasteiger partial charge in [-0.2, -0.15) is 0 Å². The third-order valence-electron chi connectivity index (χ3n) is 5.59. The van der Waals surface area contributed by atoms with Crippen molar-refractivity contribution in [1.29, 1.82) is 0 Å². The molecule has 1 heterocycles. The number of Topliss-reactive ketones (excluding diaryl/α,β-unsaturated/α-hetero) is 1. The SMILES string of the molecule is COc1cccc(N2C(=O)C(=O)/C(=C(/O)c3cc(C)ccc3OC)C2c2ccccc2F)c1. The Morgan fingerprint density at radius 1 is 0.970 bits per heavy atom. The second kappa shape index (κ2) is 8.78. The van der Waals surface area contributed by atoms with Crippen molar-refractivity contribution in [1.82, 2.24) is 0 Å². The summed E-state index contributed by atoms with van der Waals surface area (Å²) in [5.74, 6) is -2.08. The molecule has 1 atom stereocenters. The fourth-order valence-electron chi connectivity index (χ4n) is 4.00. The molecule has 1 N–H and O–H groups in total. The van der Waals surface area contributed by atoms with Crippen LogP contribution in [0.25, 0.3) is 5.76 Å². The number of anilines is 1. The first kappa shape index (κ1) is 22.1. The van der Waals surface area contributed by atoms with Crippen molar-refractivity contribution >= 4 is 23.1 Å². The summed E-state index contributed by atoms with van der Waals surface area (Å²) in [5, 5.41) is 11.3. The average Bonchev–Trinajstić information content (AvgIpc) is 3.09. The highest BCUT2D eigenvalue weighted by Gasteiger charge is 2.48. The first-order valence-corrected chi connectivity index (χ1v) is 10.2. The number of carbonyl (C=O) groups excluding carboxylic acids is 2. The number of ether oxygens (including phenoxy) is 2. The number of benzene rings is 3. The summed E-state index contributed by atoms with van der Waals surface area (Å²) in [6.07, 6.45) is 0. The highest BCUT2D eigenvalue weighted by atomic mass is 19.1. The Hall–Kier alpha value is -4.13. The first-order valence-electron chi connectivity index (χ1n) is 10.2. The normalized spacial score (nSPS) is 17.3. The summed E-state index contributed by atoms with van der Waals surface area (Å²) in [4.78, 5) is 27.6. The second-order valence-corrected chi connectivity index (χ2v) is 7.60. The maximum absolute atomic E-state index is 15.0. The molecule has 0 saturated carbocycles. The molecule has 3 aromatic carbocycles. The molecule has 4 rings (SSSR count). The minimum Gasteiger partial charge on any atom is -0.507 e. The maximum Gasteiger partial charge on any atom is 0.300 e. The van der Waals surface area contributed by atoms with E-state index in [1.807, 2.05) is 6.92 Å². The zero-order valence-corrected chi connectivity index (χ0v) is 18.3. The largest absolute Gasteiger partial charge is 0.507 e. The van der Waals surface area contributed by atoms with Crippen LogP contribution < -0.4 is 14.4 Å². The fourth-order valence-corrected chi connectivity index (χ4v) is 4.00. The molecule has 168 valence electrons. The Morgan fingerprint density at radius 2 is 1.73 bits per heavy atom. The molecule has 0 spiro atoms. The van der Waals surface area contributed by atoms with Gasteiger partial charge in [0.25, 0.3) is 11.7 Å². The Kier molecular flexibility index (Phi) is 5.87. The molecule has 1 amide bonds. The lowest BCUT2D eigenvalue weighted by molar-refractivity contribution is -0.132. The number of carbonyl (C=O) groups is 2. The molecule has 1 saturated heterocycles. The third-order valence-corrected chi connectivity index (χ3v) is 5.59. The summed E-state index contributed by atoms with van der Waals surface area (Å²) in [6, 6.07) is 16.3. The molecule has 1 fully saturated rings. The van der Waals surface area contributed by atoms with Crippen LogP contribution in [0.3, 0.4) is 0 Å². The Balaban J connectivity index is 2.01. The highest BCUT2D eigenvalue weighted by Crippen LogP contribution is 2.44. The van der Waals surface area contributed by atoms with E-state index in [4.69, 9.17) is 9.47 Å². The quantitative estimate of drug-likeness (QED) is 0.346. The number of halogens is 1. The van der Waals surface area contributed by atoms with Gasteiger partial charge in [-0.25, -0.2) is 4.39 Å². The second-order valence-electron chi connectivity index (χ2n) is 7.60. The smallest absolute Gasteiger partial charge is 0.300 e. The fraction of sp³-hybridized carbons (Fsp3) is 0.154. The van der Waals surface area contributed by atoms with E-state index in [9.17, 15) is 19.1 Å². The van der Waals surface area contributed by atoms with Crippen molar-refractivity contribution < 1.29 is 28.6 Å². The van der Waals surface area contributed by atoms with Gasteiger partial charge < -0.3 is 14.6 Å². The molecule has 3 aromatic rings. The van der Waals surface area contributed by atoms with Gasteiger partial charge in [0, 0.05) is 17.3 Å². The van der Waals surface area contributed by atoms with Gasteiger partial charge in [-0.1, -0.05) is 35.9 Å². The van der Waals surface area contributed by atoms with Crippen LogP contribution in [0.15, 0.2) is 72.3 Å². The number of aliphatic hydroxyl groups excluding tert-OH is 1. The minimum absolute atomic E-state index is 0.0766. The van der Waals surface area contributed by atoms with E-state index in [-0.39, 0.29) is 16.7 Å². The van der Waals surface area contributed by atoms with E-state index in [2.05, 4.69) is 0 Å². The zero-order valence-electron chi connectivity index (χ0n) is 18.3. The first-order chi connectivity index (χ1) is 15.9. The number of hydrogen-bond donors (Lipinski definition) is 1. The number of hydrogen-bond acceptors (Lipinski definition) is 5. The molecule has 6 nitrogen and oxygen atoms in total. The van der Waals surface area contributed by atoms with E-state index in [0.29, 0.717) is 17.2 Å². The zero-order chi connectivity index (χ0) is 23.7. The Morgan fingerprint density at radius 3 is 2.42 bits per heavy atom. The van der Waals surface area contributed by atoms with Gasteiger partial charge in [-0.05, 0) is 37.3 Å². The van der Waals surface area contributed by atoms with Gasteiger partial charge in [0.1, 0.15) is 23.1 Å². The lowest BCUT2D eigenvalue weighted by Crippen LogP contribution is -2.29. The van der Waals surface area contributed by atoms with E-state index in [1.54, 1.807) is 48.5 Å². The van der Waals surface area contributed by atoms with Crippen LogP contribution in [0, 0.1) is 12.7 Å². The predicted octanol–water partition coefficient (Wildman–Crippen LogP) is 4.78. The molecule has 1 aliphatic rings. The molecule has 0 aliphatic carbocycles. The average molecular weight is 447 g/mol. The number of ketones is 1. The van der Waals surface area contributed by atoms with Gasteiger partial charge in [-0.3, -0.25) is 14.5 Å². The van der Waals surface area contributed by atoms with Crippen molar-refractivity contribution in [2.24, 2.45) is 0 Å². The monoisotopic (exact) mass is 447 g/mol. The lowest BCUT2D eigenvalue weighted by Gasteiger charge is -2.26. The molecular weight excluding hydrogens is 425 g/mol. The van der Waals surface area contributed by atoms with Gasteiger partial charge >= 0.3 is 0 Å². The van der Waals surface area contributed by atoms with Crippen LogP contribution in [0.5, 0.6) is 11.5 Å². The molecule has 7 heteroatoms. The number of aliphatic hydroxyl groups is 1. The third kappa shape index (κ3) is 3.82. The number of amides is 1. The Bertz CT molecular complexity index is 1280. The summed E-state index contributed by atoms with van der Waals surface area (Å²) in [6.45, 7) is 1.82. The molecule has 1 unspecified atom stereocenters. The molecule has 0 aromatic heterocycles. The van der Waals surface area contributed by atoms with Crippen LogP contribution in [0.2, 0.25) is 0 Å². The molecule has 33 heavy (non-hydrogen) atoms. The predicted molar refractivity (Wildman–Crippen MR) is 122 cm³/mol. The van der Waals surface area contributed by atoms with Crippen molar-refractivity contribution in [3.8, 4) is 11.5 Å². The van der Waals surface area contributed by atoms with Crippen molar-refractivity contribution in [2.75, 3.05) is 19.1 Å². The van der Waals surface area contributed by atoms with Crippen molar-refractivity contribution in [2.45, 2.75) is 13.0 Å². The van der Waals surface area contributed by atoms with Crippen LogP contribution in [0.1, 0.15) is 22.7 Å². The molecule has 0 radical (unpaired) electrons. The minimum atomic E-state index is -1.19. The number of aryl methyl sites for hydroxylation is 1. The Labute approximate surface area is 190 Å². The van der Waals surface area contributed by atoms with E-state index >= 15 is 0 Å². The van der Waals surface area contributed by atoms with E-state index in [0.717, 1.165) is 5.56 Å². The van der Waals surface area contributed by atoms with Crippen LogP contribution in [0.4, 0.5) is 10.1 Å². The summed E-state index contributed by atoms with van der Waals surface area (Å²) in [5.41, 5.74) is 1.23. The number of methoxy groups -OCH3 is 2. The highest BCUT2D eigenvalue weighted by molar-refractivity contribution is 6.51. The topological polar surface area (TPSA) is 76.1 Å². The van der Waals surface area contributed by atoms with E-state index in [1.165, 1.54) is 37.3 Å². The number of nitrogens with zero attached hydrogens (tertiary/aromatic N) is 1.